The van der Waals surface area contributed by atoms with E-state index in [2.05, 4.69) is 25.5 Å². The Labute approximate surface area is 166 Å². The Kier molecular flexibility index (Phi) is 4.45. The third-order valence-corrected chi connectivity index (χ3v) is 5.66. The van der Waals surface area contributed by atoms with Crippen LogP contribution in [0.3, 0.4) is 0 Å². The van der Waals surface area contributed by atoms with Crippen LogP contribution in [-0.2, 0) is 0 Å². The first-order valence-corrected chi connectivity index (χ1v) is 9.97. The minimum Gasteiger partial charge on any atom is -0.363 e. The number of anilines is 1. The molecule has 2 aliphatic rings. The topological polar surface area (TPSA) is 113 Å². The number of aromatic nitrogens is 7. The number of rotatable bonds is 5. The van der Waals surface area contributed by atoms with E-state index in [0.29, 0.717) is 17.7 Å². The maximum Gasteiger partial charge on any atom is 0.293 e. The highest BCUT2D eigenvalue weighted by Gasteiger charge is 2.27. The quantitative estimate of drug-likeness (QED) is 0.694. The zero-order valence-electron chi connectivity index (χ0n) is 15.9. The molecule has 0 unspecified atom stereocenters. The zero-order chi connectivity index (χ0) is 19.8. The summed E-state index contributed by atoms with van der Waals surface area (Å²) >= 11 is 0. The standard InChI is InChI=1S/C19H22N8O2/c28-17-8-7-16(26-12-20-11-22-26)24-27(17)15-3-1-13(2-4-15)23-18-19(29)25(10-9-21-18)14-5-6-14/h7-15H,1-6H2,(H,21,23). The smallest absolute Gasteiger partial charge is 0.293 e. The van der Waals surface area contributed by atoms with Crippen LogP contribution >= 0.6 is 0 Å². The van der Waals surface area contributed by atoms with Crippen molar-refractivity contribution in [1.82, 2.24) is 34.1 Å². The molecule has 29 heavy (non-hydrogen) atoms. The van der Waals surface area contributed by atoms with Crippen molar-refractivity contribution in [3.63, 3.8) is 0 Å². The summed E-state index contributed by atoms with van der Waals surface area (Å²) in [6.45, 7) is 0. The summed E-state index contributed by atoms with van der Waals surface area (Å²) in [5, 5.41) is 11.9. The molecule has 10 heteroatoms. The molecule has 10 nitrogen and oxygen atoms in total. The Hall–Kier alpha value is -3.30. The molecule has 2 aliphatic carbocycles. The predicted octanol–water partition coefficient (Wildman–Crippen LogP) is 1.31. The molecule has 0 atom stereocenters. The largest absolute Gasteiger partial charge is 0.363 e. The van der Waals surface area contributed by atoms with Gasteiger partial charge in [-0.25, -0.2) is 19.3 Å². The zero-order valence-corrected chi connectivity index (χ0v) is 15.9. The van der Waals surface area contributed by atoms with E-state index in [-0.39, 0.29) is 23.2 Å². The van der Waals surface area contributed by atoms with Crippen molar-refractivity contribution >= 4 is 5.82 Å². The van der Waals surface area contributed by atoms with Crippen molar-refractivity contribution < 1.29 is 0 Å². The number of hydrogen-bond donors (Lipinski definition) is 1. The molecule has 0 saturated heterocycles. The molecule has 0 aromatic carbocycles. The fraction of sp³-hybridized carbons (Fsp3) is 0.474. The van der Waals surface area contributed by atoms with Gasteiger partial charge in [-0.3, -0.25) is 9.59 Å². The maximum absolute atomic E-state index is 12.6. The molecule has 5 rings (SSSR count). The second-order valence-electron chi connectivity index (χ2n) is 7.68. The van der Waals surface area contributed by atoms with Gasteiger partial charge in [-0.2, -0.15) is 5.10 Å². The van der Waals surface area contributed by atoms with E-state index in [0.717, 1.165) is 38.5 Å². The first kappa shape index (κ1) is 17.8. The van der Waals surface area contributed by atoms with Gasteiger partial charge in [0.1, 0.15) is 12.7 Å². The molecule has 0 spiro atoms. The predicted molar refractivity (Wildman–Crippen MR) is 105 cm³/mol. The van der Waals surface area contributed by atoms with E-state index in [1.165, 1.54) is 17.1 Å². The first-order chi connectivity index (χ1) is 14.2. The number of hydrogen-bond acceptors (Lipinski definition) is 7. The summed E-state index contributed by atoms with van der Waals surface area (Å²) in [4.78, 5) is 33.1. The molecule has 2 fully saturated rings. The van der Waals surface area contributed by atoms with E-state index in [1.54, 1.807) is 34.0 Å². The van der Waals surface area contributed by atoms with Crippen LogP contribution < -0.4 is 16.4 Å². The molecule has 0 aliphatic heterocycles. The number of nitrogens with zero attached hydrogens (tertiary/aromatic N) is 7. The van der Waals surface area contributed by atoms with Gasteiger partial charge in [-0.15, -0.1) is 5.10 Å². The average molecular weight is 394 g/mol. The summed E-state index contributed by atoms with van der Waals surface area (Å²) in [6, 6.07) is 3.68. The van der Waals surface area contributed by atoms with E-state index in [4.69, 9.17) is 0 Å². The van der Waals surface area contributed by atoms with Gasteiger partial charge in [-0.05, 0) is 44.6 Å². The summed E-state index contributed by atoms with van der Waals surface area (Å²) in [7, 11) is 0. The third kappa shape index (κ3) is 3.57. The van der Waals surface area contributed by atoms with Crippen LogP contribution in [0, 0.1) is 0 Å². The van der Waals surface area contributed by atoms with Gasteiger partial charge in [0, 0.05) is 30.5 Å². The molecular weight excluding hydrogens is 372 g/mol. The molecule has 3 heterocycles. The van der Waals surface area contributed by atoms with Gasteiger partial charge >= 0.3 is 0 Å². The van der Waals surface area contributed by atoms with Gasteiger partial charge in [0.05, 0.1) is 6.04 Å². The summed E-state index contributed by atoms with van der Waals surface area (Å²) in [6.07, 6.45) is 11.8. The maximum atomic E-state index is 12.6. The second-order valence-corrected chi connectivity index (χ2v) is 7.68. The van der Waals surface area contributed by atoms with Gasteiger partial charge in [0.15, 0.2) is 11.6 Å². The number of nitrogens with one attached hydrogen (secondary N) is 1. The van der Waals surface area contributed by atoms with Gasteiger partial charge in [-0.1, -0.05) is 0 Å². The van der Waals surface area contributed by atoms with Crippen LogP contribution in [-0.4, -0.2) is 40.1 Å². The van der Waals surface area contributed by atoms with E-state index >= 15 is 0 Å². The highest BCUT2D eigenvalue weighted by Crippen LogP contribution is 2.33. The van der Waals surface area contributed by atoms with Crippen LogP contribution in [0.5, 0.6) is 0 Å². The second kappa shape index (κ2) is 7.26. The van der Waals surface area contributed by atoms with Crippen molar-refractivity contribution in [1.29, 1.82) is 0 Å². The third-order valence-electron chi connectivity index (χ3n) is 5.66. The fourth-order valence-electron chi connectivity index (χ4n) is 3.95. The van der Waals surface area contributed by atoms with Crippen LogP contribution in [0.2, 0.25) is 0 Å². The molecule has 0 amide bonds. The monoisotopic (exact) mass is 394 g/mol. The molecule has 0 radical (unpaired) electrons. The van der Waals surface area contributed by atoms with Crippen molar-refractivity contribution in [2.75, 3.05) is 5.32 Å². The first-order valence-electron chi connectivity index (χ1n) is 9.97. The minimum atomic E-state index is -0.123. The summed E-state index contributed by atoms with van der Waals surface area (Å²) in [5.74, 6) is 0.989. The van der Waals surface area contributed by atoms with E-state index in [1.807, 2.05) is 0 Å². The highest BCUT2D eigenvalue weighted by atomic mass is 16.1. The Morgan fingerprint density at radius 2 is 1.79 bits per heavy atom. The van der Waals surface area contributed by atoms with Crippen molar-refractivity contribution in [3.05, 3.63) is 57.9 Å². The van der Waals surface area contributed by atoms with Crippen LogP contribution in [0.4, 0.5) is 5.82 Å². The summed E-state index contributed by atoms with van der Waals surface area (Å²) in [5.41, 5.74) is -0.169. The van der Waals surface area contributed by atoms with Gasteiger partial charge in [0.2, 0.25) is 0 Å². The van der Waals surface area contributed by atoms with Crippen LogP contribution in [0.15, 0.2) is 46.8 Å². The average Bonchev–Trinajstić information content (AvgIpc) is 3.44. The molecule has 0 bridgehead atoms. The van der Waals surface area contributed by atoms with Crippen LogP contribution in [0.1, 0.15) is 50.6 Å². The molecule has 2 saturated carbocycles. The van der Waals surface area contributed by atoms with Gasteiger partial charge < -0.3 is 9.88 Å². The SMILES string of the molecule is O=c1c(NC2CCC(n3nc(-n4cncn4)ccc3=O)CC2)nccn1C1CC1. The Morgan fingerprint density at radius 1 is 1.00 bits per heavy atom. The minimum absolute atomic E-state index is 0.0240. The Morgan fingerprint density at radius 3 is 2.52 bits per heavy atom. The lowest BCUT2D eigenvalue weighted by atomic mass is 9.91. The normalized spacial score (nSPS) is 21.8. The molecular formula is C19H22N8O2. The van der Waals surface area contributed by atoms with Crippen molar-refractivity contribution in [2.24, 2.45) is 0 Å². The lowest BCUT2D eigenvalue weighted by molar-refractivity contribution is 0.302. The van der Waals surface area contributed by atoms with Gasteiger partial charge in [0.25, 0.3) is 11.1 Å². The lowest BCUT2D eigenvalue weighted by Gasteiger charge is -2.29. The van der Waals surface area contributed by atoms with E-state index < -0.39 is 0 Å². The van der Waals surface area contributed by atoms with Crippen molar-refractivity contribution in [3.8, 4) is 5.82 Å². The summed E-state index contributed by atoms with van der Waals surface area (Å²) < 4.78 is 4.86. The molecule has 1 N–H and O–H groups in total. The molecule has 3 aromatic rings. The lowest BCUT2D eigenvalue weighted by Crippen LogP contribution is -2.35. The Balaban J connectivity index is 1.28. The van der Waals surface area contributed by atoms with Crippen LogP contribution in [0.25, 0.3) is 5.82 Å². The molecule has 3 aromatic heterocycles. The fourth-order valence-corrected chi connectivity index (χ4v) is 3.95. The van der Waals surface area contributed by atoms with E-state index in [9.17, 15) is 9.59 Å². The molecule has 150 valence electrons. The van der Waals surface area contributed by atoms with Crippen molar-refractivity contribution in [2.45, 2.75) is 56.7 Å². The highest BCUT2D eigenvalue weighted by molar-refractivity contribution is 5.33. The Bertz CT molecular complexity index is 1110.